The first-order valence-electron chi connectivity index (χ1n) is 5.70. The second kappa shape index (κ2) is 6.50. The van der Waals surface area contributed by atoms with Gasteiger partial charge in [-0.2, -0.15) is 0 Å². The summed E-state index contributed by atoms with van der Waals surface area (Å²) >= 11 is 6.09. The minimum absolute atomic E-state index is 0.0498. The number of ether oxygens (including phenoxy) is 2. The van der Waals surface area contributed by atoms with Gasteiger partial charge in [0, 0.05) is 5.56 Å². The molecule has 0 aliphatic rings. The van der Waals surface area contributed by atoms with Crippen LogP contribution in [0, 0.1) is 0 Å². The lowest BCUT2D eigenvalue weighted by Gasteiger charge is -2.17. The van der Waals surface area contributed by atoms with Gasteiger partial charge in [-0.15, -0.1) is 0 Å². The van der Waals surface area contributed by atoms with E-state index in [-0.39, 0.29) is 6.10 Å². The van der Waals surface area contributed by atoms with E-state index in [1.165, 1.54) is 0 Å². The first-order chi connectivity index (χ1) is 8.12. The summed E-state index contributed by atoms with van der Waals surface area (Å²) in [4.78, 5) is 10.7. The molecule has 0 aliphatic heterocycles. The molecule has 1 rings (SSSR count). The van der Waals surface area contributed by atoms with Crippen molar-refractivity contribution in [1.29, 1.82) is 0 Å². The molecule has 1 unspecified atom stereocenters. The zero-order valence-electron chi connectivity index (χ0n) is 10.3. The highest BCUT2D eigenvalue weighted by Crippen LogP contribution is 2.37. The van der Waals surface area contributed by atoms with Crippen LogP contribution in [0.5, 0.6) is 11.5 Å². The highest BCUT2D eigenvalue weighted by molar-refractivity contribution is 6.32. The Hall–Kier alpha value is -1.22. The Kier molecular flexibility index (Phi) is 5.29. The van der Waals surface area contributed by atoms with Crippen LogP contribution in [0.15, 0.2) is 12.1 Å². The number of halogens is 1. The van der Waals surface area contributed by atoms with Crippen molar-refractivity contribution in [3.05, 3.63) is 22.7 Å². The smallest absolute Gasteiger partial charge is 0.180 e. The minimum atomic E-state index is 0.0498. The SMILES string of the molecule is CCOc1cc(C=O)cc(Cl)c1OC(C)CC. The van der Waals surface area contributed by atoms with Crippen LogP contribution in [0.2, 0.25) is 5.02 Å². The lowest BCUT2D eigenvalue weighted by molar-refractivity contribution is 0.112. The maximum absolute atomic E-state index is 10.7. The standard InChI is InChI=1S/C13H17ClO3/c1-4-9(3)17-13-11(14)6-10(8-15)7-12(13)16-5-2/h6-9H,4-5H2,1-3H3. The summed E-state index contributed by atoms with van der Waals surface area (Å²) in [6.07, 6.45) is 1.66. The molecule has 3 nitrogen and oxygen atoms in total. The van der Waals surface area contributed by atoms with Gasteiger partial charge in [0.15, 0.2) is 11.5 Å². The Morgan fingerprint density at radius 3 is 2.65 bits per heavy atom. The number of benzene rings is 1. The molecule has 1 atom stereocenters. The van der Waals surface area contributed by atoms with Gasteiger partial charge in [0.25, 0.3) is 0 Å². The van der Waals surface area contributed by atoms with E-state index in [1.54, 1.807) is 12.1 Å². The van der Waals surface area contributed by atoms with Crippen LogP contribution in [-0.4, -0.2) is 19.0 Å². The maximum Gasteiger partial charge on any atom is 0.180 e. The molecule has 0 radical (unpaired) electrons. The van der Waals surface area contributed by atoms with Crippen molar-refractivity contribution in [2.75, 3.05) is 6.61 Å². The van der Waals surface area contributed by atoms with E-state index in [0.717, 1.165) is 12.7 Å². The van der Waals surface area contributed by atoms with Crippen LogP contribution in [0.1, 0.15) is 37.6 Å². The van der Waals surface area contributed by atoms with Crippen LogP contribution in [0.4, 0.5) is 0 Å². The summed E-state index contributed by atoms with van der Waals surface area (Å²) < 4.78 is 11.1. The molecule has 0 saturated heterocycles. The molecule has 1 aromatic carbocycles. The third kappa shape index (κ3) is 3.63. The maximum atomic E-state index is 10.7. The summed E-state index contributed by atoms with van der Waals surface area (Å²) in [5, 5.41) is 0.401. The van der Waals surface area contributed by atoms with Gasteiger partial charge >= 0.3 is 0 Å². The van der Waals surface area contributed by atoms with Gasteiger partial charge in [-0.05, 0) is 32.4 Å². The van der Waals surface area contributed by atoms with Gasteiger partial charge < -0.3 is 9.47 Å². The quantitative estimate of drug-likeness (QED) is 0.728. The Bertz CT molecular complexity index is 390. The lowest BCUT2D eigenvalue weighted by atomic mass is 10.2. The van der Waals surface area contributed by atoms with Crippen molar-refractivity contribution in [2.24, 2.45) is 0 Å². The van der Waals surface area contributed by atoms with Crippen molar-refractivity contribution >= 4 is 17.9 Å². The molecule has 0 aromatic heterocycles. The molecule has 0 bridgehead atoms. The van der Waals surface area contributed by atoms with E-state index in [0.29, 0.717) is 28.7 Å². The third-order valence-electron chi connectivity index (χ3n) is 2.36. The minimum Gasteiger partial charge on any atom is -0.490 e. The van der Waals surface area contributed by atoms with Gasteiger partial charge in [-0.3, -0.25) is 4.79 Å². The summed E-state index contributed by atoms with van der Waals surface area (Å²) in [6.45, 7) is 6.35. The molecule has 0 aliphatic carbocycles. The predicted molar refractivity (Wildman–Crippen MR) is 68.4 cm³/mol. The number of hydrogen-bond donors (Lipinski definition) is 0. The zero-order valence-corrected chi connectivity index (χ0v) is 11.1. The normalized spacial score (nSPS) is 12.0. The molecular formula is C13H17ClO3. The van der Waals surface area contributed by atoms with E-state index in [9.17, 15) is 4.79 Å². The average Bonchev–Trinajstić information content (AvgIpc) is 2.33. The largest absolute Gasteiger partial charge is 0.490 e. The van der Waals surface area contributed by atoms with Crippen LogP contribution >= 0.6 is 11.6 Å². The fourth-order valence-electron chi connectivity index (χ4n) is 1.32. The van der Waals surface area contributed by atoms with E-state index in [1.807, 2.05) is 20.8 Å². The van der Waals surface area contributed by atoms with Crippen LogP contribution in [0.25, 0.3) is 0 Å². The van der Waals surface area contributed by atoms with Crippen molar-refractivity contribution in [1.82, 2.24) is 0 Å². The van der Waals surface area contributed by atoms with Gasteiger partial charge in [0.2, 0.25) is 0 Å². The first-order valence-corrected chi connectivity index (χ1v) is 6.08. The summed E-state index contributed by atoms with van der Waals surface area (Å²) in [7, 11) is 0. The van der Waals surface area contributed by atoms with Crippen LogP contribution in [-0.2, 0) is 0 Å². The highest BCUT2D eigenvalue weighted by Gasteiger charge is 2.14. The molecule has 0 heterocycles. The van der Waals surface area contributed by atoms with Crippen molar-refractivity contribution in [3.8, 4) is 11.5 Å². The highest BCUT2D eigenvalue weighted by atomic mass is 35.5. The van der Waals surface area contributed by atoms with Crippen molar-refractivity contribution < 1.29 is 14.3 Å². The van der Waals surface area contributed by atoms with Gasteiger partial charge in [0.1, 0.15) is 6.29 Å². The van der Waals surface area contributed by atoms with Crippen molar-refractivity contribution in [3.63, 3.8) is 0 Å². The number of carbonyl (C=O) groups is 1. The van der Waals surface area contributed by atoms with E-state index < -0.39 is 0 Å². The van der Waals surface area contributed by atoms with Crippen LogP contribution in [0.3, 0.4) is 0 Å². The molecule has 0 fully saturated rings. The first kappa shape index (κ1) is 13.8. The molecule has 0 spiro atoms. The van der Waals surface area contributed by atoms with E-state index in [2.05, 4.69) is 0 Å². The number of aldehydes is 1. The van der Waals surface area contributed by atoms with E-state index >= 15 is 0 Å². The Balaban J connectivity index is 3.11. The second-order valence-electron chi connectivity index (χ2n) is 3.72. The molecule has 4 heteroatoms. The summed E-state index contributed by atoms with van der Waals surface area (Å²) in [5.74, 6) is 1.02. The number of carbonyl (C=O) groups excluding carboxylic acids is 1. The van der Waals surface area contributed by atoms with Crippen LogP contribution < -0.4 is 9.47 Å². The summed E-state index contributed by atoms with van der Waals surface area (Å²) in [5.41, 5.74) is 0.481. The number of rotatable bonds is 6. The zero-order chi connectivity index (χ0) is 12.8. The third-order valence-corrected chi connectivity index (χ3v) is 2.64. The fraction of sp³-hybridized carbons (Fsp3) is 0.462. The topological polar surface area (TPSA) is 35.5 Å². The molecule has 0 amide bonds. The number of hydrogen-bond acceptors (Lipinski definition) is 3. The van der Waals surface area contributed by atoms with Crippen molar-refractivity contribution in [2.45, 2.75) is 33.3 Å². The van der Waals surface area contributed by atoms with Gasteiger partial charge in [-0.25, -0.2) is 0 Å². The molecule has 1 aromatic rings. The fourth-order valence-corrected chi connectivity index (χ4v) is 1.58. The Morgan fingerprint density at radius 1 is 1.41 bits per heavy atom. The summed E-state index contributed by atoms with van der Waals surface area (Å²) in [6, 6.07) is 3.22. The predicted octanol–water partition coefficient (Wildman–Crippen LogP) is 3.73. The van der Waals surface area contributed by atoms with E-state index in [4.69, 9.17) is 21.1 Å². The molecular weight excluding hydrogens is 240 g/mol. The molecule has 94 valence electrons. The van der Waals surface area contributed by atoms with Gasteiger partial charge in [-0.1, -0.05) is 18.5 Å². The monoisotopic (exact) mass is 256 g/mol. The second-order valence-corrected chi connectivity index (χ2v) is 4.12. The molecule has 0 saturated carbocycles. The molecule has 0 N–H and O–H groups in total. The Morgan fingerprint density at radius 2 is 2.12 bits per heavy atom. The Labute approximate surface area is 107 Å². The molecule has 17 heavy (non-hydrogen) atoms. The van der Waals surface area contributed by atoms with Gasteiger partial charge in [0.05, 0.1) is 17.7 Å². The lowest BCUT2D eigenvalue weighted by Crippen LogP contribution is -2.11. The average molecular weight is 257 g/mol.